The van der Waals surface area contributed by atoms with Gasteiger partial charge in [-0.2, -0.15) is 0 Å². The Morgan fingerprint density at radius 2 is 2.28 bits per heavy atom. The molecule has 6 heteroatoms. The molecule has 2 aromatic heterocycles. The van der Waals surface area contributed by atoms with E-state index in [2.05, 4.69) is 15.0 Å². The van der Waals surface area contributed by atoms with Crippen molar-refractivity contribution in [2.24, 2.45) is 0 Å². The first-order valence-electron chi connectivity index (χ1n) is 5.54. The standard InChI is InChI=1S/C12H14N4O2/c1-8(9-4-3-5-13-6-9)16(2)11(17)10-7-14-12(18)15-10/h3-8H,1-2H3,(H2,14,15,18). The van der Waals surface area contributed by atoms with Crippen molar-refractivity contribution in [3.63, 3.8) is 0 Å². The van der Waals surface area contributed by atoms with Crippen molar-refractivity contribution in [3.8, 4) is 0 Å². The number of hydrogen-bond acceptors (Lipinski definition) is 3. The summed E-state index contributed by atoms with van der Waals surface area (Å²) in [5.74, 6) is -0.246. The smallest absolute Gasteiger partial charge is 0.323 e. The Hall–Kier alpha value is -2.37. The van der Waals surface area contributed by atoms with Gasteiger partial charge in [-0.05, 0) is 18.6 Å². The van der Waals surface area contributed by atoms with E-state index in [0.717, 1.165) is 5.56 Å². The molecule has 1 unspecified atom stereocenters. The van der Waals surface area contributed by atoms with Gasteiger partial charge in [-0.1, -0.05) is 6.07 Å². The molecule has 2 rings (SSSR count). The van der Waals surface area contributed by atoms with Crippen LogP contribution in [0.25, 0.3) is 0 Å². The zero-order valence-electron chi connectivity index (χ0n) is 10.2. The predicted molar refractivity (Wildman–Crippen MR) is 66.2 cm³/mol. The maximum atomic E-state index is 12.1. The van der Waals surface area contributed by atoms with Gasteiger partial charge in [0.1, 0.15) is 5.69 Å². The number of hydrogen-bond donors (Lipinski definition) is 2. The first kappa shape index (κ1) is 12.1. The number of nitrogens with zero attached hydrogens (tertiary/aromatic N) is 2. The number of amides is 1. The Labute approximate surface area is 104 Å². The van der Waals surface area contributed by atoms with E-state index in [-0.39, 0.29) is 23.3 Å². The van der Waals surface area contributed by atoms with Crippen molar-refractivity contribution in [2.75, 3.05) is 7.05 Å². The van der Waals surface area contributed by atoms with E-state index >= 15 is 0 Å². The van der Waals surface area contributed by atoms with Gasteiger partial charge in [-0.25, -0.2) is 4.79 Å². The number of nitrogens with one attached hydrogen (secondary N) is 2. The lowest BCUT2D eigenvalue weighted by Gasteiger charge is -2.24. The second-order valence-corrected chi connectivity index (χ2v) is 4.03. The average molecular weight is 246 g/mol. The molecule has 2 aromatic rings. The van der Waals surface area contributed by atoms with Gasteiger partial charge in [0.05, 0.1) is 6.04 Å². The van der Waals surface area contributed by atoms with E-state index in [0.29, 0.717) is 0 Å². The van der Waals surface area contributed by atoms with Crippen LogP contribution in [0, 0.1) is 0 Å². The van der Waals surface area contributed by atoms with E-state index in [1.807, 2.05) is 19.1 Å². The Morgan fingerprint density at radius 3 is 2.83 bits per heavy atom. The summed E-state index contributed by atoms with van der Waals surface area (Å²) in [6.45, 7) is 1.90. The molecule has 1 atom stereocenters. The fourth-order valence-corrected chi connectivity index (χ4v) is 1.66. The second-order valence-electron chi connectivity index (χ2n) is 4.03. The molecule has 6 nitrogen and oxygen atoms in total. The second kappa shape index (κ2) is 4.87. The lowest BCUT2D eigenvalue weighted by atomic mass is 10.1. The molecule has 0 radical (unpaired) electrons. The van der Waals surface area contributed by atoms with E-state index in [9.17, 15) is 9.59 Å². The minimum atomic E-state index is -0.388. The minimum Gasteiger partial charge on any atom is -0.334 e. The quantitative estimate of drug-likeness (QED) is 0.845. The predicted octanol–water partition coefficient (Wildman–Crippen LogP) is 0.931. The van der Waals surface area contributed by atoms with Gasteiger partial charge in [0.15, 0.2) is 0 Å². The topological polar surface area (TPSA) is 81.8 Å². The van der Waals surface area contributed by atoms with Crippen LogP contribution in [-0.2, 0) is 0 Å². The average Bonchev–Trinajstić information content (AvgIpc) is 2.84. The highest BCUT2D eigenvalue weighted by Gasteiger charge is 2.20. The summed E-state index contributed by atoms with van der Waals surface area (Å²) in [7, 11) is 1.69. The van der Waals surface area contributed by atoms with Gasteiger partial charge in [-0.15, -0.1) is 0 Å². The lowest BCUT2D eigenvalue weighted by Crippen LogP contribution is -2.30. The summed E-state index contributed by atoms with van der Waals surface area (Å²) in [5.41, 5.74) is 0.797. The maximum Gasteiger partial charge on any atom is 0.323 e. The van der Waals surface area contributed by atoms with Crippen LogP contribution in [0.3, 0.4) is 0 Å². The van der Waals surface area contributed by atoms with Crippen LogP contribution in [0.2, 0.25) is 0 Å². The number of carbonyl (C=O) groups excluding carboxylic acids is 1. The summed E-state index contributed by atoms with van der Waals surface area (Å²) in [4.78, 5) is 33.5. The largest absolute Gasteiger partial charge is 0.334 e. The third kappa shape index (κ3) is 2.32. The molecule has 0 spiro atoms. The van der Waals surface area contributed by atoms with Crippen molar-refractivity contribution < 1.29 is 4.79 Å². The van der Waals surface area contributed by atoms with Crippen LogP contribution in [0.15, 0.2) is 35.5 Å². The zero-order valence-corrected chi connectivity index (χ0v) is 10.2. The van der Waals surface area contributed by atoms with Crippen molar-refractivity contribution >= 4 is 5.91 Å². The molecule has 0 saturated heterocycles. The van der Waals surface area contributed by atoms with Gasteiger partial charge in [0.25, 0.3) is 5.91 Å². The number of aromatic nitrogens is 3. The Kier molecular flexibility index (Phi) is 3.27. The summed E-state index contributed by atoms with van der Waals surface area (Å²) >= 11 is 0. The van der Waals surface area contributed by atoms with Crippen molar-refractivity contribution in [3.05, 3.63) is 52.5 Å². The number of H-pyrrole nitrogens is 2. The molecular formula is C12H14N4O2. The normalized spacial score (nSPS) is 12.1. The highest BCUT2D eigenvalue weighted by Crippen LogP contribution is 2.18. The van der Waals surface area contributed by atoms with Gasteiger partial charge in [0, 0.05) is 25.6 Å². The third-order valence-electron chi connectivity index (χ3n) is 2.89. The van der Waals surface area contributed by atoms with E-state index in [4.69, 9.17) is 0 Å². The van der Waals surface area contributed by atoms with E-state index in [1.54, 1.807) is 24.3 Å². The highest BCUT2D eigenvalue weighted by molar-refractivity contribution is 5.92. The summed E-state index contributed by atoms with van der Waals surface area (Å²) < 4.78 is 0. The van der Waals surface area contributed by atoms with Gasteiger partial charge in [-0.3, -0.25) is 9.78 Å². The van der Waals surface area contributed by atoms with E-state index < -0.39 is 0 Å². The molecule has 18 heavy (non-hydrogen) atoms. The third-order valence-corrected chi connectivity index (χ3v) is 2.89. The van der Waals surface area contributed by atoms with Crippen LogP contribution >= 0.6 is 0 Å². The van der Waals surface area contributed by atoms with Crippen LogP contribution in [0.5, 0.6) is 0 Å². The van der Waals surface area contributed by atoms with Crippen LogP contribution < -0.4 is 5.69 Å². The Balaban J connectivity index is 2.19. The highest BCUT2D eigenvalue weighted by atomic mass is 16.2. The molecule has 0 aliphatic rings. The molecule has 2 heterocycles. The fourth-order valence-electron chi connectivity index (χ4n) is 1.66. The molecule has 0 saturated carbocycles. The SMILES string of the molecule is CC(c1cccnc1)N(C)C(=O)c1c[nH]c(=O)[nH]1. The molecular weight excluding hydrogens is 232 g/mol. The number of rotatable bonds is 3. The number of aromatic amines is 2. The zero-order chi connectivity index (χ0) is 13.1. The monoisotopic (exact) mass is 246 g/mol. The lowest BCUT2D eigenvalue weighted by molar-refractivity contribution is 0.0737. The van der Waals surface area contributed by atoms with Gasteiger partial charge >= 0.3 is 5.69 Å². The van der Waals surface area contributed by atoms with Gasteiger partial charge in [0.2, 0.25) is 0 Å². The molecule has 0 aliphatic heterocycles. The van der Waals surface area contributed by atoms with Crippen LogP contribution in [-0.4, -0.2) is 32.8 Å². The van der Waals surface area contributed by atoms with Crippen molar-refractivity contribution in [1.82, 2.24) is 19.9 Å². The molecule has 2 N–H and O–H groups in total. The molecule has 0 bridgehead atoms. The molecule has 0 aromatic carbocycles. The molecule has 94 valence electrons. The number of carbonyl (C=O) groups is 1. The van der Waals surface area contributed by atoms with Crippen LogP contribution in [0.1, 0.15) is 29.0 Å². The molecule has 0 fully saturated rings. The summed E-state index contributed by atoms with van der Waals surface area (Å²) in [5, 5.41) is 0. The first-order valence-corrected chi connectivity index (χ1v) is 5.54. The summed E-state index contributed by atoms with van der Waals surface area (Å²) in [6, 6.07) is 3.61. The number of pyridine rings is 1. The molecule has 1 amide bonds. The van der Waals surface area contributed by atoms with Crippen molar-refractivity contribution in [1.29, 1.82) is 0 Å². The van der Waals surface area contributed by atoms with Crippen LogP contribution in [0.4, 0.5) is 0 Å². The Morgan fingerprint density at radius 1 is 1.50 bits per heavy atom. The maximum absolute atomic E-state index is 12.1. The fraction of sp³-hybridized carbons (Fsp3) is 0.250. The summed E-state index contributed by atoms with van der Waals surface area (Å²) in [6.07, 6.45) is 4.77. The first-order chi connectivity index (χ1) is 8.59. The Bertz CT molecular complexity index is 587. The van der Waals surface area contributed by atoms with Crippen molar-refractivity contribution in [2.45, 2.75) is 13.0 Å². The van der Waals surface area contributed by atoms with E-state index in [1.165, 1.54) is 6.20 Å². The molecule has 0 aliphatic carbocycles. The number of imidazole rings is 1. The van der Waals surface area contributed by atoms with Gasteiger partial charge < -0.3 is 14.9 Å². The minimum absolute atomic E-state index is 0.121.